The molecule has 0 aliphatic heterocycles. The SMILES string of the molecule is COCCCOc1cc(OC)c(OC)cc1N. The molecule has 1 aromatic carbocycles. The maximum absolute atomic E-state index is 5.84. The van der Waals surface area contributed by atoms with Crippen molar-refractivity contribution in [2.24, 2.45) is 0 Å². The predicted octanol–water partition coefficient (Wildman–Crippen LogP) is 1.70. The molecule has 0 saturated carbocycles. The summed E-state index contributed by atoms with van der Waals surface area (Å²) in [6, 6.07) is 3.41. The van der Waals surface area contributed by atoms with Crippen LogP contribution in [0.2, 0.25) is 0 Å². The van der Waals surface area contributed by atoms with Crippen molar-refractivity contribution < 1.29 is 18.9 Å². The Morgan fingerprint density at radius 2 is 1.59 bits per heavy atom. The van der Waals surface area contributed by atoms with E-state index in [1.54, 1.807) is 33.5 Å². The third-order valence-corrected chi connectivity index (χ3v) is 2.27. The third-order valence-electron chi connectivity index (χ3n) is 2.27. The first kappa shape index (κ1) is 13.4. The fraction of sp³-hybridized carbons (Fsp3) is 0.500. The Labute approximate surface area is 101 Å². The van der Waals surface area contributed by atoms with Crippen LogP contribution >= 0.6 is 0 Å². The molecule has 17 heavy (non-hydrogen) atoms. The Hall–Kier alpha value is -1.62. The minimum Gasteiger partial charge on any atom is -0.493 e. The molecule has 0 spiro atoms. The number of nitrogen functional groups attached to an aromatic ring is 1. The molecule has 0 amide bonds. The summed E-state index contributed by atoms with van der Waals surface area (Å²) in [4.78, 5) is 0. The lowest BCUT2D eigenvalue weighted by Crippen LogP contribution is -2.04. The summed E-state index contributed by atoms with van der Waals surface area (Å²) in [6.45, 7) is 1.21. The standard InChI is InChI=1S/C12H19NO4/c1-14-5-4-6-17-10-8-12(16-3)11(15-2)7-9(10)13/h7-8H,4-6,13H2,1-3H3. The van der Waals surface area contributed by atoms with E-state index in [0.717, 1.165) is 6.42 Å². The molecule has 5 nitrogen and oxygen atoms in total. The van der Waals surface area contributed by atoms with Gasteiger partial charge in [-0.05, 0) is 0 Å². The summed E-state index contributed by atoms with van der Waals surface area (Å²) in [5.41, 5.74) is 6.37. The van der Waals surface area contributed by atoms with Gasteiger partial charge in [0.1, 0.15) is 5.75 Å². The van der Waals surface area contributed by atoms with E-state index < -0.39 is 0 Å². The van der Waals surface area contributed by atoms with Crippen LogP contribution in [0.3, 0.4) is 0 Å². The fourth-order valence-electron chi connectivity index (χ4n) is 1.39. The van der Waals surface area contributed by atoms with Crippen molar-refractivity contribution in [3.63, 3.8) is 0 Å². The van der Waals surface area contributed by atoms with Gasteiger partial charge in [0.05, 0.1) is 26.5 Å². The van der Waals surface area contributed by atoms with E-state index in [1.165, 1.54) is 0 Å². The molecule has 0 atom stereocenters. The number of ether oxygens (including phenoxy) is 4. The summed E-state index contributed by atoms with van der Waals surface area (Å²) < 4.78 is 20.8. The van der Waals surface area contributed by atoms with Crippen LogP contribution in [0.15, 0.2) is 12.1 Å². The van der Waals surface area contributed by atoms with E-state index >= 15 is 0 Å². The first-order valence-electron chi connectivity index (χ1n) is 5.36. The smallest absolute Gasteiger partial charge is 0.164 e. The highest BCUT2D eigenvalue weighted by atomic mass is 16.5. The third kappa shape index (κ3) is 3.71. The minimum absolute atomic E-state index is 0.528. The topological polar surface area (TPSA) is 62.9 Å². The molecule has 0 heterocycles. The number of benzene rings is 1. The van der Waals surface area contributed by atoms with Crippen LogP contribution in [0.25, 0.3) is 0 Å². The fourth-order valence-corrected chi connectivity index (χ4v) is 1.39. The summed E-state index contributed by atoms with van der Waals surface area (Å²) in [6.07, 6.45) is 0.810. The molecule has 0 unspecified atom stereocenters. The second-order valence-corrected chi connectivity index (χ2v) is 3.44. The van der Waals surface area contributed by atoms with E-state index in [-0.39, 0.29) is 0 Å². The molecule has 0 fully saturated rings. The largest absolute Gasteiger partial charge is 0.493 e. The van der Waals surface area contributed by atoms with Gasteiger partial charge in [0.15, 0.2) is 11.5 Å². The Balaban J connectivity index is 2.71. The Morgan fingerprint density at radius 1 is 0.941 bits per heavy atom. The van der Waals surface area contributed by atoms with Crippen molar-refractivity contribution in [1.82, 2.24) is 0 Å². The number of nitrogens with two attached hydrogens (primary N) is 1. The van der Waals surface area contributed by atoms with E-state index in [0.29, 0.717) is 36.1 Å². The van der Waals surface area contributed by atoms with Gasteiger partial charge in [-0.1, -0.05) is 0 Å². The Kier molecular flexibility index (Phi) is 5.42. The van der Waals surface area contributed by atoms with Crippen LogP contribution in [0.4, 0.5) is 5.69 Å². The quantitative estimate of drug-likeness (QED) is 0.581. The van der Waals surface area contributed by atoms with Gasteiger partial charge in [-0.3, -0.25) is 0 Å². The maximum atomic E-state index is 5.84. The summed E-state index contributed by atoms with van der Waals surface area (Å²) in [7, 11) is 4.80. The monoisotopic (exact) mass is 241 g/mol. The molecule has 0 radical (unpaired) electrons. The van der Waals surface area contributed by atoms with Crippen molar-refractivity contribution in [3.05, 3.63) is 12.1 Å². The summed E-state index contributed by atoms with van der Waals surface area (Å²) in [5.74, 6) is 1.79. The molecule has 0 aromatic heterocycles. The summed E-state index contributed by atoms with van der Waals surface area (Å²) in [5, 5.41) is 0. The van der Waals surface area contributed by atoms with Gasteiger partial charge in [-0.15, -0.1) is 0 Å². The van der Waals surface area contributed by atoms with E-state index in [4.69, 9.17) is 24.7 Å². The highest BCUT2D eigenvalue weighted by Gasteiger charge is 2.09. The van der Waals surface area contributed by atoms with Crippen LogP contribution in [-0.4, -0.2) is 34.5 Å². The average molecular weight is 241 g/mol. The molecule has 0 aliphatic rings. The van der Waals surface area contributed by atoms with Crippen LogP contribution in [-0.2, 0) is 4.74 Å². The van der Waals surface area contributed by atoms with Crippen molar-refractivity contribution in [2.45, 2.75) is 6.42 Å². The molecule has 0 saturated heterocycles. The lowest BCUT2D eigenvalue weighted by atomic mass is 10.2. The second kappa shape index (κ2) is 6.85. The predicted molar refractivity (Wildman–Crippen MR) is 65.9 cm³/mol. The van der Waals surface area contributed by atoms with Gasteiger partial charge in [0.2, 0.25) is 0 Å². The Bertz CT molecular complexity index is 355. The zero-order valence-electron chi connectivity index (χ0n) is 10.5. The van der Waals surface area contributed by atoms with Crippen LogP contribution < -0.4 is 19.9 Å². The molecule has 1 aromatic rings. The molecular formula is C12H19NO4. The zero-order chi connectivity index (χ0) is 12.7. The van der Waals surface area contributed by atoms with Gasteiger partial charge in [0, 0.05) is 32.3 Å². The van der Waals surface area contributed by atoms with Crippen molar-refractivity contribution >= 4 is 5.69 Å². The highest BCUT2D eigenvalue weighted by molar-refractivity contribution is 5.61. The normalized spacial score (nSPS) is 10.1. The molecule has 1 rings (SSSR count). The van der Waals surface area contributed by atoms with Gasteiger partial charge < -0.3 is 24.7 Å². The lowest BCUT2D eigenvalue weighted by Gasteiger charge is -2.13. The number of anilines is 1. The molecule has 96 valence electrons. The first-order chi connectivity index (χ1) is 8.22. The second-order valence-electron chi connectivity index (χ2n) is 3.44. The van der Waals surface area contributed by atoms with Crippen molar-refractivity contribution in [1.29, 1.82) is 0 Å². The molecule has 0 bridgehead atoms. The molecule has 5 heteroatoms. The first-order valence-corrected chi connectivity index (χ1v) is 5.36. The van der Waals surface area contributed by atoms with E-state index in [9.17, 15) is 0 Å². The number of hydrogen-bond acceptors (Lipinski definition) is 5. The highest BCUT2D eigenvalue weighted by Crippen LogP contribution is 2.36. The Morgan fingerprint density at radius 3 is 2.18 bits per heavy atom. The molecular weight excluding hydrogens is 222 g/mol. The number of hydrogen-bond donors (Lipinski definition) is 1. The van der Waals surface area contributed by atoms with Crippen LogP contribution in [0, 0.1) is 0 Å². The maximum Gasteiger partial charge on any atom is 0.164 e. The minimum atomic E-state index is 0.528. The van der Waals surface area contributed by atoms with Gasteiger partial charge in [-0.25, -0.2) is 0 Å². The molecule has 0 aliphatic carbocycles. The van der Waals surface area contributed by atoms with Gasteiger partial charge in [0.25, 0.3) is 0 Å². The van der Waals surface area contributed by atoms with E-state index in [1.807, 2.05) is 0 Å². The van der Waals surface area contributed by atoms with Crippen molar-refractivity contribution in [3.8, 4) is 17.2 Å². The lowest BCUT2D eigenvalue weighted by molar-refractivity contribution is 0.172. The number of rotatable bonds is 7. The van der Waals surface area contributed by atoms with Crippen LogP contribution in [0.1, 0.15) is 6.42 Å². The molecule has 2 N–H and O–H groups in total. The number of methoxy groups -OCH3 is 3. The average Bonchev–Trinajstić information content (AvgIpc) is 2.35. The summed E-state index contributed by atoms with van der Waals surface area (Å²) >= 11 is 0. The van der Waals surface area contributed by atoms with E-state index in [2.05, 4.69) is 0 Å². The van der Waals surface area contributed by atoms with Gasteiger partial charge >= 0.3 is 0 Å². The zero-order valence-corrected chi connectivity index (χ0v) is 10.5. The van der Waals surface area contributed by atoms with Crippen LogP contribution in [0.5, 0.6) is 17.2 Å². The van der Waals surface area contributed by atoms with Crippen molar-refractivity contribution in [2.75, 3.05) is 40.3 Å². The van der Waals surface area contributed by atoms with Gasteiger partial charge in [-0.2, -0.15) is 0 Å².